The lowest BCUT2D eigenvalue weighted by molar-refractivity contribution is -0.122. The van der Waals surface area contributed by atoms with Gasteiger partial charge in [0.15, 0.2) is 0 Å². The zero-order valence-electron chi connectivity index (χ0n) is 12.7. The first-order chi connectivity index (χ1) is 10.2. The third-order valence-corrected chi connectivity index (χ3v) is 4.03. The number of hydrogen-bond donors (Lipinski definition) is 2. The number of hydrogen-bond acceptors (Lipinski definition) is 3. The number of amides is 1. The summed E-state index contributed by atoms with van der Waals surface area (Å²) in [6.07, 6.45) is 4.57. The second-order valence-electron chi connectivity index (χ2n) is 5.57. The average molecular weight is 291 g/mol. The number of carbonyl (C=O) groups excluding carboxylic acids is 1. The van der Waals surface area contributed by atoms with Crippen molar-refractivity contribution in [1.82, 2.24) is 5.32 Å². The lowest BCUT2D eigenvalue weighted by atomic mass is 10.0. The molecule has 1 aromatic carbocycles. The normalized spacial score (nSPS) is 19.4. The van der Waals surface area contributed by atoms with E-state index >= 15 is 0 Å². The van der Waals surface area contributed by atoms with Gasteiger partial charge in [0.2, 0.25) is 5.91 Å². The van der Waals surface area contributed by atoms with E-state index in [0.717, 1.165) is 37.9 Å². The maximum atomic E-state index is 12.0. The highest BCUT2D eigenvalue weighted by molar-refractivity contribution is 5.76. The minimum atomic E-state index is -0.326. The van der Waals surface area contributed by atoms with Crippen molar-refractivity contribution in [3.63, 3.8) is 0 Å². The van der Waals surface area contributed by atoms with Crippen molar-refractivity contribution >= 4 is 5.91 Å². The van der Waals surface area contributed by atoms with E-state index in [9.17, 15) is 9.90 Å². The van der Waals surface area contributed by atoms with Gasteiger partial charge in [0.1, 0.15) is 0 Å². The summed E-state index contributed by atoms with van der Waals surface area (Å²) in [6, 6.07) is 7.70. The van der Waals surface area contributed by atoms with Gasteiger partial charge in [-0.15, -0.1) is 0 Å². The van der Waals surface area contributed by atoms with Gasteiger partial charge in [-0.25, -0.2) is 0 Å². The van der Waals surface area contributed by atoms with Gasteiger partial charge < -0.3 is 15.2 Å². The molecule has 0 aliphatic carbocycles. The van der Waals surface area contributed by atoms with Crippen molar-refractivity contribution < 1.29 is 14.6 Å². The Bertz CT molecular complexity index is 438. The monoisotopic (exact) mass is 291 g/mol. The molecular formula is C17H25NO3. The molecule has 0 aromatic heterocycles. The van der Waals surface area contributed by atoms with Crippen molar-refractivity contribution in [2.45, 2.75) is 51.2 Å². The van der Waals surface area contributed by atoms with E-state index in [0.29, 0.717) is 6.42 Å². The summed E-state index contributed by atoms with van der Waals surface area (Å²) in [5.74, 6) is -0.0240. The van der Waals surface area contributed by atoms with Crippen LogP contribution in [-0.4, -0.2) is 30.3 Å². The molecular weight excluding hydrogens is 266 g/mol. The summed E-state index contributed by atoms with van der Waals surface area (Å²) in [5, 5.41) is 12.4. The third-order valence-electron chi connectivity index (χ3n) is 4.03. The minimum Gasteiger partial charge on any atom is -0.394 e. The molecule has 4 nitrogen and oxygen atoms in total. The fourth-order valence-corrected chi connectivity index (χ4v) is 2.65. The minimum absolute atomic E-state index is 0.0240. The molecule has 1 saturated heterocycles. The van der Waals surface area contributed by atoms with Crippen LogP contribution in [0.15, 0.2) is 24.3 Å². The predicted molar refractivity (Wildman–Crippen MR) is 82.0 cm³/mol. The van der Waals surface area contributed by atoms with Crippen LogP contribution in [-0.2, 0) is 16.0 Å². The molecule has 0 radical (unpaired) electrons. The molecule has 1 aliphatic heterocycles. The molecule has 1 fully saturated rings. The lowest BCUT2D eigenvalue weighted by Crippen LogP contribution is -2.31. The largest absolute Gasteiger partial charge is 0.394 e. The first kappa shape index (κ1) is 16.0. The summed E-state index contributed by atoms with van der Waals surface area (Å²) >= 11 is 0. The summed E-state index contributed by atoms with van der Waals surface area (Å²) in [4.78, 5) is 12.0. The number of carbonyl (C=O) groups is 1. The molecule has 2 unspecified atom stereocenters. The van der Waals surface area contributed by atoms with E-state index in [4.69, 9.17) is 4.74 Å². The number of aryl methyl sites for hydroxylation is 1. The maximum Gasteiger partial charge on any atom is 0.220 e. The standard InChI is InChI=1S/C17H25NO3/c1-2-13-5-7-14(8-6-13)16(12-19)18-17(20)10-9-15-4-3-11-21-15/h5-8,15-16,19H,2-4,9-12H2,1H3,(H,18,20). The SMILES string of the molecule is CCc1ccc(C(CO)NC(=O)CCC2CCCO2)cc1. The number of aliphatic hydroxyl groups is 1. The molecule has 21 heavy (non-hydrogen) atoms. The Morgan fingerprint density at radius 1 is 1.43 bits per heavy atom. The molecule has 116 valence electrons. The second-order valence-corrected chi connectivity index (χ2v) is 5.57. The van der Waals surface area contributed by atoms with Gasteiger partial charge in [-0.3, -0.25) is 4.79 Å². The van der Waals surface area contributed by atoms with Gasteiger partial charge in [0.25, 0.3) is 0 Å². The van der Waals surface area contributed by atoms with E-state index < -0.39 is 0 Å². The molecule has 1 amide bonds. The van der Waals surface area contributed by atoms with E-state index in [1.165, 1.54) is 5.56 Å². The van der Waals surface area contributed by atoms with Gasteiger partial charge >= 0.3 is 0 Å². The van der Waals surface area contributed by atoms with Crippen molar-refractivity contribution in [2.75, 3.05) is 13.2 Å². The molecule has 0 spiro atoms. The average Bonchev–Trinajstić information content (AvgIpc) is 3.04. The first-order valence-corrected chi connectivity index (χ1v) is 7.83. The highest BCUT2D eigenvalue weighted by Crippen LogP contribution is 2.18. The molecule has 1 aliphatic rings. The first-order valence-electron chi connectivity index (χ1n) is 7.83. The highest BCUT2D eigenvalue weighted by atomic mass is 16.5. The Hall–Kier alpha value is -1.39. The fourth-order valence-electron chi connectivity index (χ4n) is 2.65. The van der Waals surface area contributed by atoms with Crippen LogP contribution in [0.5, 0.6) is 0 Å². The van der Waals surface area contributed by atoms with Gasteiger partial charge in [-0.05, 0) is 36.8 Å². The van der Waals surface area contributed by atoms with Crippen molar-refractivity contribution in [2.24, 2.45) is 0 Å². The second kappa shape index (κ2) is 8.15. The van der Waals surface area contributed by atoms with Crippen LogP contribution < -0.4 is 5.32 Å². The molecule has 0 bridgehead atoms. The zero-order valence-corrected chi connectivity index (χ0v) is 12.7. The highest BCUT2D eigenvalue weighted by Gasteiger charge is 2.18. The van der Waals surface area contributed by atoms with Crippen LogP contribution in [0, 0.1) is 0 Å². The number of benzene rings is 1. The van der Waals surface area contributed by atoms with Crippen molar-refractivity contribution in [3.05, 3.63) is 35.4 Å². The van der Waals surface area contributed by atoms with Crippen LogP contribution in [0.2, 0.25) is 0 Å². The Kier molecular flexibility index (Phi) is 6.21. The van der Waals surface area contributed by atoms with Gasteiger partial charge in [-0.2, -0.15) is 0 Å². The molecule has 2 atom stereocenters. The summed E-state index contributed by atoms with van der Waals surface area (Å²) < 4.78 is 5.52. The van der Waals surface area contributed by atoms with Gasteiger partial charge in [-0.1, -0.05) is 31.2 Å². The van der Waals surface area contributed by atoms with Crippen LogP contribution in [0.1, 0.15) is 49.8 Å². The molecule has 1 heterocycles. The van der Waals surface area contributed by atoms with Crippen LogP contribution >= 0.6 is 0 Å². The summed E-state index contributed by atoms with van der Waals surface area (Å²) in [6.45, 7) is 2.83. The predicted octanol–water partition coefficient (Wildman–Crippen LogP) is 2.36. The third kappa shape index (κ3) is 4.83. The topological polar surface area (TPSA) is 58.6 Å². The zero-order chi connectivity index (χ0) is 15.1. The van der Waals surface area contributed by atoms with Crippen LogP contribution in [0.25, 0.3) is 0 Å². The van der Waals surface area contributed by atoms with Gasteiger partial charge in [0, 0.05) is 13.0 Å². The number of aliphatic hydroxyl groups excluding tert-OH is 1. The van der Waals surface area contributed by atoms with Gasteiger partial charge in [0.05, 0.1) is 18.8 Å². The van der Waals surface area contributed by atoms with E-state index in [1.54, 1.807) is 0 Å². The summed E-state index contributed by atoms with van der Waals surface area (Å²) in [7, 11) is 0. The summed E-state index contributed by atoms with van der Waals surface area (Å²) in [5.41, 5.74) is 2.19. The van der Waals surface area contributed by atoms with Crippen LogP contribution in [0.3, 0.4) is 0 Å². The molecule has 2 N–H and O–H groups in total. The lowest BCUT2D eigenvalue weighted by Gasteiger charge is -2.18. The van der Waals surface area contributed by atoms with E-state index in [2.05, 4.69) is 12.2 Å². The van der Waals surface area contributed by atoms with Crippen molar-refractivity contribution in [1.29, 1.82) is 0 Å². The Balaban J connectivity index is 1.83. The van der Waals surface area contributed by atoms with E-state index in [-0.39, 0.29) is 24.7 Å². The quantitative estimate of drug-likeness (QED) is 0.811. The van der Waals surface area contributed by atoms with Crippen LogP contribution in [0.4, 0.5) is 0 Å². The Morgan fingerprint density at radius 3 is 2.76 bits per heavy atom. The molecule has 0 saturated carbocycles. The number of nitrogens with one attached hydrogen (secondary N) is 1. The maximum absolute atomic E-state index is 12.0. The number of ether oxygens (including phenoxy) is 1. The molecule has 1 aromatic rings. The van der Waals surface area contributed by atoms with E-state index in [1.807, 2.05) is 24.3 Å². The molecule has 4 heteroatoms. The Morgan fingerprint density at radius 2 is 2.19 bits per heavy atom. The van der Waals surface area contributed by atoms with Crippen molar-refractivity contribution in [3.8, 4) is 0 Å². The smallest absolute Gasteiger partial charge is 0.220 e. The molecule has 2 rings (SSSR count). The fraction of sp³-hybridized carbons (Fsp3) is 0.588. The Labute approximate surface area is 126 Å². The number of rotatable bonds is 7.